The van der Waals surface area contributed by atoms with Crippen molar-refractivity contribution in [3.8, 4) is 0 Å². The highest BCUT2D eigenvalue weighted by molar-refractivity contribution is 5.76. The van der Waals surface area contributed by atoms with E-state index in [2.05, 4.69) is 5.32 Å². The lowest BCUT2D eigenvalue weighted by molar-refractivity contribution is -0.143. The minimum absolute atomic E-state index is 0.0749. The van der Waals surface area contributed by atoms with Gasteiger partial charge in [-0.25, -0.2) is 0 Å². The molecule has 2 aliphatic carbocycles. The van der Waals surface area contributed by atoms with Gasteiger partial charge in [-0.2, -0.15) is 0 Å². The van der Waals surface area contributed by atoms with Gasteiger partial charge in [-0.1, -0.05) is 25.7 Å². The summed E-state index contributed by atoms with van der Waals surface area (Å²) in [5.41, 5.74) is 0. The van der Waals surface area contributed by atoms with Gasteiger partial charge in [0.25, 0.3) is 0 Å². The molecular weight excluding hydrogens is 242 g/mol. The summed E-state index contributed by atoms with van der Waals surface area (Å²) in [6.07, 6.45) is 9.99. The fourth-order valence-electron chi connectivity index (χ4n) is 3.49. The second kappa shape index (κ2) is 6.92. The van der Waals surface area contributed by atoms with Gasteiger partial charge in [0.15, 0.2) is 0 Å². The SMILES string of the molecule is O=C(CC1CCCCC1)NC1CCCC(C(=O)O)C1. The van der Waals surface area contributed by atoms with Crippen LogP contribution in [0.1, 0.15) is 64.2 Å². The molecule has 0 saturated heterocycles. The number of hydrogen-bond acceptors (Lipinski definition) is 2. The van der Waals surface area contributed by atoms with E-state index in [0.717, 1.165) is 19.3 Å². The van der Waals surface area contributed by atoms with E-state index in [1.165, 1.54) is 32.1 Å². The smallest absolute Gasteiger partial charge is 0.306 e. The van der Waals surface area contributed by atoms with Crippen molar-refractivity contribution < 1.29 is 14.7 Å². The van der Waals surface area contributed by atoms with Crippen molar-refractivity contribution in [2.75, 3.05) is 0 Å². The normalized spacial score (nSPS) is 28.8. The number of carbonyl (C=O) groups is 2. The standard InChI is InChI=1S/C15H25NO3/c17-14(9-11-5-2-1-3-6-11)16-13-8-4-7-12(10-13)15(18)19/h11-13H,1-10H2,(H,16,17)(H,18,19). The number of carboxylic acids is 1. The third-order valence-corrected chi connectivity index (χ3v) is 4.59. The van der Waals surface area contributed by atoms with Crippen molar-refractivity contribution in [1.82, 2.24) is 5.32 Å². The van der Waals surface area contributed by atoms with E-state index in [0.29, 0.717) is 18.8 Å². The van der Waals surface area contributed by atoms with Crippen molar-refractivity contribution in [2.45, 2.75) is 70.3 Å². The average molecular weight is 267 g/mol. The number of amides is 1. The molecule has 2 N–H and O–H groups in total. The maximum atomic E-state index is 12.0. The van der Waals surface area contributed by atoms with E-state index in [9.17, 15) is 9.59 Å². The Hall–Kier alpha value is -1.06. The van der Waals surface area contributed by atoms with Crippen molar-refractivity contribution in [2.24, 2.45) is 11.8 Å². The molecule has 2 unspecified atom stereocenters. The fraction of sp³-hybridized carbons (Fsp3) is 0.867. The Labute approximate surface area is 115 Å². The summed E-state index contributed by atoms with van der Waals surface area (Å²) in [7, 11) is 0. The van der Waals surface area contributed by atoms with Crippen LogP contribution < -0.4 is 5.32 Å². The van der Waals surface area contributed by atoms with Crippen molar-refractivity contribution in [3.05, 3.63) is 0 Å². The highest BCUT2D eigenvalue weighted by atomic mass is 16.4. The summed E-state index contributed by atoms with van der Waals surface area (Å²) in [5.74, 6) is -0.310. The molecule has 108 valence electrons. The highest BCUT2D eigenvalue weighted by Crippen LogP contribution is 2.27. The van der Waals surface area contributed by atoms with E-state index >= 15 is 0 Å². The lowest BCUT2D eigenvalue weighted by atomic mass is 9.84. The van der Waals surface area contributed by atoms with Crippen LogP contribution in [0, 0.1) is 11.8 Å². The highest BCUT2D eigenvalue weighted by Gasteiger charge is 2.28. The molecule has 0 aromatic rings. The lowest BCUT2D eigenvalue weighted by Crippen LogP contribution is -2.40. The molecule has 0 spiro atoms. The Morgan fingerprint density at radius 2 is 1.74 bits per heavy atom. The van der Waals surface area contributed by atoms with Crippen LogP contribution in [0.25, 0.3) is 0 Å². The van der Waals surface area contributed by atoms with Crippen LogP contribution in [0.5, 0.6) is 0 Å². The third-order valence-electron chi connectivity index (χ3n) is 4.59. The predicted octanol–water partition coefficient (Wildman–Crippen LogP) is 2.72. The number of carbonyl (C=O) groups excluding carboxylic acids is 1. The summed E-state index contributed by atoms with van der Waals surface area (Å²) < 4.78 is 0. The van der Waals surface area contributed by atoms with E-state index < -0.39 is 5.97 Å². The summed E-state index contributed by atoms with van der Waals surface area (Å²) in [6, 6.07) is 0.0749. The van der Waals surface area contributed by atoms with Crippen molar-refractivity contribution in [3.63, 3.8) is 0 Å². The van der Waals surface area contributed by atoms with Gasteiger partial charge in [-0.05, 0) is 38.0 Å². The average Bonchev–Trinajstić information content (AvgIpc) is 2.40. The van der Waals surface area contributed by atoms with Crippen LogP contribution in [0.2, 0.25) is 0 Å². The van der Waals surface area contributed by atoms with Crippen LogP contribution >= 0.6 is 0 Å². The first-order valence-electron chi connectivity index (χ1n) is 7.67. The lowest BCUT2D eigenvalue weighted by Gasteiger charge is -2.28. The molecule has 0 heterocycles. The van der Waals surface area contributed by atoms with Crippen LogP contribution in [-0.4, -0.2) is 23.0 Å². The van der Waals surface area contributed by atoms with Gasteiger partial charge in [0.1, 0.15) is 0 Å². The Morgan fingerprint density at radius 3 is 2.42 bits per heavy atom. The quantitative estimate of drug-likeness (QED) is 0.823. The molecule has 4 nitrogen and oxygen atoms in total. The van der Waals surface area contributed by atoms with Crippen LogP contribution in [-0.2, 0) is 9.59 Å². The van der Waals surface area contributed by atoms with Crippen molar-refractivity contribution in [1.29, 1.82) is 0 Å². The molecule has 2 atom stereocenters. The van der Waals surface area contributed by atoms with E-state index in [1.807, 2.05) is 0 Å². The Morgan fingerprint density at radius 1 is 1.00 bits per heavy atom. The maximum absolute atomic E-state index is 12.0. The molecule has 0 aliphatic heterocycles. The summed E-state index contributed by atoms with van der Waals surface area (Å²) in [4.78, 5) is 23.0. The minimum Gasteiger partial charge on any atom is -0.481 e. The van der Waals surface area contributed by atoms with Gasteiger partial charge in [-0.15, -0.1) is 0 Å². The van der Waals surface area contributed by atoms with Gasteiger partial charge in [0.2, 0.25) is 5.91 Å². The second-order valence-corrected chi connectivity index (χ2v) is 6.17. The number of hydrogen-bond donors (Lipinski definition) is 2. The van der Waals surface area contributed by atoms with Gasteiger partial charge >= 0.3 is 5.97 Å². The van der Waals surface area contributed by atoms with Crippen LogP contribution in [0.4, 0.5) is 0 Å². The Kier molecular flexibility index (Phi) is 5.23. The van der Waals surface area contributed by atoms with E-state index in [-0.39, 0.29) is 17.9 Å². The van der Waals surface area contributed by atoms with E-state index in [4.69, 9.17) is 5.11 Å². The van der Waals surface area contributed by atoms with Gasteiger partial charge in [-0.3, -0.25) is 9.59 Å². The van der Waals surface area contributed by atoms with Crippen LogP contribution in [0.3, 0.4) is 0 Å². The third kappa shape index (κ3) is 4.51. The zero-order valence-corrected chi connectivity index (χ0v) is 11.6. The van der Waals surface area contributed by atoms with Crippen molar-refractivity contribution >= 4 is 11.9 Å². The summed E-state index contributed by atoms with van der Waals surface area (Å²) in [6.45, 7) is 0. The van der Waals surface area contributed by atoms with Gasteiger partial charge in [0, 0.05) is 12.5 Å². The molecule has 2 saturated carbocycles. The monoisotopic (exact) mass is 267 g/mol. The van der Waals surface area contributed by atoms with Gasteiger partial charge < -0.3 is 10.4 Å². The largest absolute Gasteiger partial charge is 0.481 e. The number of rotatable bonds is 4. The minimum atomic E-state index is -0.716. The number of nitrogens with one attached hydrogen (secondary N) is 1. The topological polar surface area (TPSA) is 66.4 Å². The molecule has 0 aromatic heterocycles. The first kappa shape index (κ1) is 14.4. The second-order valence-electron chi connectivity index (χ2n) is 6.17. The summed E-state index contributed by atoms with van der Waals surface area (Å²) in [5, 5.41) is 12.1. The first-order chi connectivity index (χ1) is 9.15. The van der Waals surface area contributed by atoms with Crippen LogP contribution in [0.15, 0.2) is 0 Å². The number of carboxylic acid groups (broad SMARTS) is 1. The number of aliphatic carboxylic acids is 1. The predicted molar refractivity (Wildman–Crippen MR) is 72.7 cm³/mol. The zero-order chi connectivity index (χ0) is 13.7. The molecular formula is C15H25NO3. The van der Waals surface area contributed by atoms with Gasteiger partial charge in [0.05, 0.1) is 5.92 Å². The molecule has 0 aromatic carbocycles. The molecule has 4 heteroatoms. The maximum Gasteiger partial charge on any atom is 0.306 e. The summed E-state index contributed by atoms with van der Waals surface area (Å²) >= 11 is 0. The molecule has 19 heavy (non-hydrogen) atoms. The molecule has 2 aliphatic rings. The fourth-order valence-corrected chi connectivity index (χ4v) is 3.49. The molecule has 0 bridgehead atoms. The Balaban J connectivity index is 1.73. The molecule has 2 fully saturated rings. The zero-order valence-electron chi connectivity index (χ0n) is 11.6. The van der Waals surface area contributed by atoms with E-state index in [1.54, 1.807) is 0 Å². The molecule has 2 rings (SSSR count). The Bertz CT molecular complexity index is 323. The molecule has 1 amide bonds. The molecule has 0 radical (unpaired) electrons. The first-order valence-corrected chi connectivity index (χ1v) is 7.67.